The third-order valence-electron chi connectivity index (χ3n) is 2.78. The molecule has 0 radical (unpaired) electrons. The van der Waals surface area contributed by atoms with Gasteiger partial charge < -0.3 is 9.47 Å². The molecule has 2 aromatic carbocycles. The van der Waals surface area contributed by atoms with Crippen molar-refractivity contribution >= 4 is 74.1 Å². The molecule has 0 saturated carbocycles. The van der Waals surface area contributed by atoms with Gasteiger partial charge in [-0.2, -0.15) is 0 Å². The van der Waals surface area contributed by atoms with Gasteiger partial charge in [-0.1, -0.05) is 0 Å². The Morgan fingerprint density at radius 1 is 1.10 bits per heavy atom. The van der Waals surface area contributed by atoms with Crippen LogP contribution in [0.3, 0.4) is 0 Å². The fourth-order valence-electron chi connectivity index (χ4n) is 1.80. The predicted molar refractivity (Wildman–Crippen MR) is 107 cm³/mol. The standard InChI is InChI=1S/C15H11I3O3/c1-20-14-3-2-9(7-19)4-10(14)8-21-15-12(17)5-11(16)6-13(15)18/h2-7H,8H2,1H3. The number of hydrogen-bond acceptors (Lipinski definition) is 3. The molecule has 2 aromatic rings. The van der Waals surface area contributed by atoms with E-state index in [1.807, 2.05) is 0 Å². The average molecular weight is 620 g/mol. The highest BCUT2D eigenvalue weighted by molar-refractivity contribution is 14.1. The fourth-order valence-corrected chi connectivity index (χ4v) is 5.70. The first kappa shape index (κ1) is 17.3. The van der Waals surface area contributed by atoms with E-state index in [1.54, 1.807) is 25.3 Å². The molecule has 0 saturated heterocycles. The van der Waals surface area contributed by atoms with Gasteiger partial charge in [0.1, 0.15) is 24.4 Å². The van der Waals surface area contributed by atoms with Crippen molar-refractivity contribution in [3.63, 3.8) is 0 Å². The van der Waals surface area contributed by atoms with Crippen LogP contribution >= 0.6 is 67.8 Å². The molecule has 0 atom stereocenters. The largest absolute Gasteiger partial charge is 0.496 e. The molecule has 0 aliphatic rings. The number of carbonyl (C=O) groups excluding carboxylic acids is 1. The summed E-state index contributed by atoms with van der Waals surface area (Å²) in [7, 11) is 1.61. The van der Waals surface area contributed by atoms with Gasteiger partial charge >= 0.3 is 0 Å². The van der Waals surface area contributed by atoms with Crippen LogP contribution in [0.15, 0.2) is 30.3 Å². The Hall–Kier alpha value is -0.1000. The molecule has 6 heteroatoms. The van der Waals surface area contributed by atoms with Crippen LogP contribution in [0.2, 0.25) is 0 Å². The lowest BCUT2D eigenvalue weighted by Gasteiger charge is -2.13. The summed E-state index contributed by atoms with van der Waals surface area (Å²) >= 11 is 6.81. The van der Waals surface area contributed by atoms with Gasteiger partial charge in [0.2, 0.25) is 0 Å². The molecule has 21 heavy (non-hydrogen) atoms. The fraction of sp³-hybridized carbons (Fsp3) is 0.133. The molecule has 2 rings (SSSR count). The average Bonchev–Trinajstić information content (AvgIpc) is 2.45. The van der Waals surface area contributed by atoms with Crippen molar-refractivity contribution in [1.82, 2.24) is 0 Å². The minimum Gasteiger partial charge on any atom is -0.496 e. The molecule has 3 nitrogen and oxygen atoms in total. The van der Waals surface area contributed by atoms with Gasteiger partial charge in [0, 0.05) is 14.7 Å². The lowest BCUT2D eigenvalue weighted by molar-refractivity contribution is 0.112. The van der Waals surface area contributed by atoms with Crippen molar-refractivity contribution in [2.24, 2.45) is 0 Å². The Bertz CT molecular complexity index is 648. The molecular formula is C15H11I3O3. The number of methoxy groups -OCH3 is 1. The highest BCUT2D eigenvalue weighted by Crippen LogP contribution is 2.31. The summed E-state index contributed by atoms with van der Waals surface area (Å²) in [5.74, 6) is 1.58. The number of ether oxygens (including phenoxy) is 2. The van der Waals surface area contributed by atoms with Crippen LogP contribution in [0.1, 0.15) is 15.9 Å². The zero-order chi connectivity index (χ0) is 15.4. The van der Waals surface area contributed by atoms with E-state index in [1.165, 1.54) is 3.57 Å². The van der Waals surface area contributed by atoms with Gasteiger partial charge in [-0.25, -0.2) is 0 Å². The van der Waals surface area contributed by atoms with Gasteiger partial charge in [-0.3, -0.25) is 4.79 Å². The van der Waals surface area contributed by atoms with E-state index in [0.717, 1.165) is 30.5 Å². The van der Waals surface area contributed by atoms with Crippen molar-refractivity contribution < 1.29 is 14.3 Å². The Morgan fingerprint density at radius 2 is 1.76 bits per heavy atom. The molecule has 0 spiro atoms. The van der Waals surface area contributed by atoms with Gasteiger partial charge in [-0.15, -0.1) is 0 Å². The van der Waals surface area contributed by atoms with Crippen LogP contribution in [-0.4, -0.2) is 13.4 Å². The van der Waals surface area contributed by atoms with Gasteiger partial charge in [0.25, 0.3) is 0 Å². The van der Waals surface area contributed by atoms with E-state index in [4.69, 9.17) is 9.47 Å². The quantitative estimate of drug-likeness (QED) is 0.353. The van der Waals surface area contributed by atoms with E-state index in [9.17, 15) is 4.79 Å². The molecule has 0 aliphatic heterocycles. The minimum atomic E-state index is 0.359. The molecule has 0 heterocycles. The molecule has 110 valence electrons. The van der Waals surface area contributed by atoms with Gasteiger partial charge in [0.15, 0.2) is 0 Å². The van der Waals surface area contributed by atoms with Crippen molar-refractivity contribution in [3.05, 3.63) is 52.2 Å². The third kappa shape index (κ3) is 4.44. The number of benzene rings is 2. The van der Waals surface area contributed by atoms with E-state index in [-0.39, 0.29) is 0 Å². The van der Waals surface area contributed by atoms with Gasteiger partial charge in [0.05, 0.1) is 14.3 Å². The number of rotatable bonds is 5. The van der Waals surface area contributed by atoms with E-state index < -0.39 is 0 Å². The normalized spacial score (nSPS) is 10.3. The zero-order valence-electron chi connectivity index (χ0n) is 11.0. The SMILES string of the molecule is COc1ccc(C=O)cc1COc1c(I)cc(I)cc1I. The van der Waals surface area contributed by atoms with Crippen molar-refractivity contribution in [1.29, 1.82) is 0 Å². The molecule has 0 bridgehead atoms. The van der Waals surface area contributed by atoms with Crippen molar-refractivity contribution in [2.75, 3.05) is 7.11 Å². The van der Waals surface area contributed by atoms with Crippen molar-refractivity contribution in [3.8, 4) is 11.5 Å². The van der Waals surface area contributed by atoms with E-state index in [0.29, 0.717) is 12.2 Å². The summed E-state index contributed by atoms with van der Waals surface area (Å²) in [5.41, 5.74) is 1.47. The maximum absolute atomic E-state index is 10.9. The summed E-state index contributed by atoms with van der Waals surface area (Å²) in [6, 6.07) is 9.44. The van der Waals surface area contributed by atoms with Crippen LogP contribution in [0.25, 0.3) is 0 Å². The summed E-state index contributed by atoms with van der Waals surface area (Å²) in [6.07, 6.45) is 0.821. The monoisotopic (exact) mass is 620 g/mol. The Kier molecular flexibility index (Phi) is 6.53. The highest BCUT2D eigenvalue weighted by atomic mass is 127. The summed E-state index contributed by atoms with van der Waals surface area (Å²) in [6.45, 7) is 0.359. The molecule has 0 amide bonds. The van der Waals surface area contributed by atoms with Crippen LogP contribution in [0.4, 0.5) is 0 Å². The molecule has 0 aromatic heterocycles. The Labute approximate surface area is 164 Å². The Morgan fingerprint density at radius 3 is 2.33 bits per heavy atom. The first-order valence-corrected chi connectivity index (χ1v) is 9.18. The number of halogens is 3. The second-order valence-corrected chi connectivity index (χ2v) is 7.75. The second kappa shape index (κ2) is 7.95. The lowest BCUT2D eigenvalue weighted by Crippen LogP contribution is -2.02. The molecule has 0 unspecified atom stereocenters. The van der Waals surface area contributed by atoms with E-state index in [2.05, 4.69) is 79.9 Å². The Balaban J connectivity index is 2.26. The summed E-state index contributed by atoms with van der Waals surface area (Å²) < 4.78 is 14.6. The van der Waals surface area contributed by atoms with E-state index >= 15 is 0 Å². The third-order valence-corrected chi connectivity index (χ3v) is 5.00. The maximum atomic E-state index is 10.9. The molecular weight excluding hydrogens is 609 g/mol. The van der Waals surface area contributed by atoms with Crippen LogP contribution in [-0.2, 0) is 6.61 Å². The summed E-state index contributed by atoms with van der Waals surface area (Å²) in [4.78, 5) is 10.9. The smallest absolute Gasteiger partial charge is 0.150 e. The van der Waals surface area contributed by atoms with Crippen LogP contribution < -0.4 is 9.47 Å². The molecule has 0 fully saturated rings. The molecule has 0 N–H and O–H groups in total. The topological polar surface area (TPSA) is 35.5 Å². The number of carbonyl (C=O) groups is 1. The minimum absolute atomic E-state index is 0.359. The summed E-state index contributed by atoms with van der Waals surface area (Å²) in [5, 5.41) is 0. The first-order valence-electron chi connectivity index (χ1n) is 5.94. The lowest BCUT2D eigenvalue weighted by atomic mass is 10.1. The zero-order valence-corrected chi connectivity index (χ0v) is 17.5. The number of hydrogen-bond donors (Lipinski definition) is 0. The number of aldehydes is 1. The second-order valence-electron chi connectivity index (χ2n) is 4.18. The van der Waals surface area contributed by atoms with Crippen molar-refractivity contribution in [2.45, 2.75) is 6.61 Å². The van der Waals surface area contributed by atoms with Gasteiger partial charge in [-0.05, 0) is 98.1 Å². The van der Waals surface area contributed by atoms with Crippen LogP contribution in [0, 0.1) is 10.7 Å². The van der Waals surface area contributed by atoms with Crippen LogP contribution in [0.5, 0.6) is 11.5 Å². The highest BCUT2D eigenvalue weighted by Gasteiger charge is 2.11. The predicted octanol–water partition coefficient (Wildman–Crippen LogP) is 4.90. The maximum Gasteiger partial charge on any atom is 0.150 e. The first-order chi connectivity index (χ1) is 10.0. The molecule has 0 aliphatic carbocycles.